The van der Waals surface area contributed by atoms with Gasteiger partial charge in [0.05, 0.1) is 6.42 Å². The van der Waals surface area contributed by atoms with Crippen molar-refractivity contribution < 1.29 is 14.4 Å². The maximum Gasteiger partial charge on any atom is 0.163 e. The zero-order chi connectivity index (χ0) is 26.5. The van der Waals surface area contributed by atoms with E-state index in [1.54, 1.807) is 0 Å². The molecule has 198 valence electrons. The van der Waals surface area contributed by atoms with Crippen LogP contribution in [0.1, 0.15) is 133 Å². The van der Waals surface area contributed by atoms with Gasteiger partial charge in [-0.3, -0.25) is 14.4 Å². The second-order valence-corrected chi connectivity index (χ2v) is 11.0. The number of aryl methyl sites for hydroxylation is 2. The van der Waals surface area contributed by atoms with Gasteiger partial charge in [0.1, 0.15) is 11.6 Å². The first kappa shape index (κ1) is 31.3. The largest absolute Gasteiger partial charge is 0.300 e. The van der Waals surface area contributed by atoms with Crippen LogP contribution in [-0.4, -0.2) is 17.3 Å². The van der Waals surface area contributed by atoms with Crippen molar-refractivity contribution in [1.29, 1.82) is 0 Å². The summed E-state index contributed by atoms with van der Waals surface area (Å²) in [6.07, 6.45) is 9.86. The molecule has 1 aromatic rings. The molecule has 3 nitrogen and oxygen atoms in total. The molecule has 0 aliphatic heterocycles. The first-order valence-electron chi connectivity index (χ1n) is 14.3. The zero-order valence-corrected chi connectivity index (χ0v) is 24.0. The highest BCUT2D eigenvalue weighted by atomic mass is 16.1. The van der Waals surface area contributed by atoms with Crippen LogP contribution in [0.3, 0.4) is 0 Å². The quantitative estimate of drug-likeness (QED) is 0.264. The molecule has 1 aliphatic rings. The van der Waals surface area contributed by atoms with Crippen molar-refractivity contribution in [3.8, 4) is 0 Å². The van der Waals surface area contributed by atoms with Crippen molar-refractivity contribution in [3.05, 3.63) is 34.4 Å². The lowest BCUT2D eigenvalue weighted by atomic mass is 9.71. The van der Waals surface area contributed by atoms with Gasteiger partial charge in [0, 0.05) is 17.9 Å². The molecule has 0 saturated heterocycles. The van der Waals surface area contributed by atoms with Gasteiger partial charge in [-0.25, -0.2) is 0 Å². The van der Waals surface area contributed by atoms with Crippen molar-refractivity contribution in [2.75, 3.05) is 0 Å². The van der Waals surface area contributed by atoms with Crippen LogP contribution in [0.5, 0.6) is 0 Å². The second kappa shape index (κ2) is 16.1. The van der Waals surface area contributed by atoms with Gasteiger partial charge in [-0.1, -0.05) is 79.4 Å². The summed E-state index contributed by atoms with van der Waals surface area (Å²) < 4.78 is 0. The molecule has 4 unspecified atom stereocenters. The van der Waals surface area contributed by atoms with Crippen molar-refractivity contribution in [3.63, 3.8) is 0 Å². The predicted octanol–water partition coefficient (Wildman–Crippen LogP) is 8.52. The van der Waals surface area contributed by atoms with Gasteiger partial charge in [0.15, 0.2) is 5.78 Å². The fourth-order valence-electron chi connectivity index (χ4n) is 5.64. The minimum atomic E-state index is -0.0715. The van der Waals surface area contributed by atoms with Crippen LogP contribution in [0.2, 0.25) is 0 Å². The first-order chi connectivity index (χ1) is 16.6. The zero-order valence-electron chi connectivity index (χ0n) is 24.0. The first-order valence-corrected chi connectivity index (χ1v) is 14.3. The van der Waals surface area contributed by atoms with Crippen molar-refractivity contribution >= 4 is 17.3 Å². The van der Waals surface area contributed by atoms with E-state index in [0.717, 1.165) is 56.1 Å². The van der Waals surface area contributed by atoms with E-state index in [1.807, 2.05) is 0 Å². The summed E-state index contributed by atoms with van der Waals surface area (Å²) in [5, 5.41) is 0. The lowest BCUT2D eigenvalue weighted by Gasteiger charge is -2.32. The highest BCUT2D eigenvalue weighted by Gasteiger charge is 2.33. The van der Waals surface area contributed by atoms with E-state index in [-0.39, 0.29) is 41.5 Å². The monoisotopic (exact) mass is 484 g/mol. The third kappa shape index (κ3) is 9.66. The molecule has 0 radical (unpaired) electrons. The Kier molecular flexibility index (Phi) is 14.4. The molecule has 35 heavy (non-hydrogen) atoms. The van der Waals surface area contributed by atoms with E-state index in [1.165, 1.54) is 30.9 Å². The Bertz CT molecular complexity index is 822. The van der Waals surface area contributed by atoms with Crippen LogP contribution in [-0.2, 0) is 22.4 Å². The minimum Gasteiger partial charge on any atom is -0.300 e. The molecule has 2 rings (SSSR count). The summed E-state index contributed by atoms with van der Waals surface area (Å²) in [6.45, 7) is 16.6. The summed E-state index contributed by atoms with van der Waals surface area (Å²) >= 11 is 0. The number of ketones is 3. The van der Waals surface area contributed by atoms with E-state index >= 15 is 0 Å². The molecule has 0 aromatic heterocycles. The number of Topliss-reactive ketones (excluding diaryl/α,β-unsaturated/α-hetero) is 3. The average Bonchev–Trinajstić information content (AvgIpc) is 2.78. The molecule has 0 bridgehead atoms. The number of hydrogen-bond donors (Lipinski definition) is 0. The molecule has 4 atom stereocenters. The molecular weight excluding hydrogens is 432 g/mol. The Labute approximate surface area is 215 Å². The topological polar surface area (TPSA) is 51.2 Å². The van der Waals surface area contributed by atoms with E-state index in [4.69, 9.17) is 0 Å². The molecule has 0 heterocycles. The number of rotatable bonds is 13. The van der Waals surface area contributed by atoms with Crippen molar-refractivity contribution in [2.24, 2.45) is 23.7 Å². The number of carbonyl (C=O) groups is 3. The molecule has 0 fully saturated rings. The molecular formula is C32H52O3. The van der Waals surface area contributed by atoms with Gasteiger partial charge in [-0.2, -0.15) is 0 Å². The number of fused-ring (bicyclic) bond motifs is 1. The van der Waals surface area contributed by atoms with Crippen LogP contribution in [0, 0.1) is 30.6 Å². The Hall–Kier alpha value is -1.77. The lowest BCUT2D eigenvalue weighted by Crippen LogP contribution is -2.30. The van der Waals surface area contributed by atoms with Crippen LogP contribution < -0.4 is 0 Å². The third-order valence-corrected chi connectivity index (χ3v) is 7.61. The van der Waals surface area contributed by atoms with Gasteiger partial charge in [-0.05, 0) is 80.4 Å². The molecule has 0 N–H and O–H groups in total. The van der Waals surface area contributed by atoms with Crippen LogP contribution in [0.4, 0.5) is 0 Å². The number of carbonyl (C=O) groups excluding carboxylic acids is 3. The Morgan fingerprint density at radius 3 is 2.20 bits per heavy atom. The van der Waals surface area contributed by atoms with Crippen molar-refractivity contribution in [1.82, 2.24) is 0 Å². The summed E-state index contributed by atoms with van der Waals surface area (Å²) in [5.74, 6) is 1.47. The summed E-state index contributed by atoms with van der Waals surface area (Å²) in [7, 11) is 0. The maximum atomic E-state index is 13.2. The van der Waals surface area contributed by atoms with Gasteiger partial charge in [0.25, 0.3) is 0 Å². The van der Waals surface area contributed by atoms with Crippen molar-refractivity contribution in [2.45, 2.75) is 126 Å². The minimum absolute atomic E-state index is 0.0457. The Morgan fingerprint density at radius 1 is 1.00 bits per heavy atom. The molecule has 0 amide bonds. The molecule has 1 aromatic carbocycles. The van der Waals surface area contributed by atoms with Crippen LogP contribution in [0.15, 0.2) is 12.1 Å². The fourth-order valence-corrected chi connectivity index (χ4v) is 5.64. The standard InChI is InChI=1S/C29H44O3.C3H8/c1-7-10-24(25(9-3)27(31)15-21(6)30)16-22-17-26-23(13-11-19(4)8-2)14-12-20(5)29(26)28(32)18-22;1-3-2/h12,14,19,22,24-25H,7-11,13,15-18H2,1-6H3;3H2,1-2H3. The average molecular weight is 485 g/mol. The number of hydrogen-bond acceptors (Lipinski definition) is 3. The van der Waals surface area contributed by atoms with E-state index in [2.05, 4.69) is 60.6 Å². The molecule has 0 saturated carbocycles. The van der Waals surface area contributed by atoms with E-state index < -0.39 is 0 Å². The maximum absolute atomic E-state index is 13.2. The smallest absolute Gasteiger partial charge is 0.163 e. The van der Waals surface area contributed by atoms with Crippen LogP contribution >= 0.6 is 0 Å². The third-order valence-electron chi connectivity index (χ3n) is 7.61. The van der Waals surface area contributed by atoms with Gasteiger partial charge in [-0.15, -0.1) is 0 Å². The molecule has 1 aliphatic carbocycles. The van der Waals surface area contributed by atoms with E-state index in [0.29, 0.717) is 12.3 Å². The second-order valence-electron chi connectivity index (χ2n) is 11.0. The van der Waals surface area contributed by atoms with Gasteiger partial charge < -0.3 is 0 Å². The van der Waals surface area contributed by atoms with Gasteiger partial charge >= 0.3 is 0 Å². The van der Waals surface area contributed by atoms with Crippen LogP contribution in [0.25, 0.3) is 0 Å². The Morgan fingerprint density at radius 2 is 1.66 bits per heavy atom. The molecule has 0 spiro atoms. The highest BCUT2D eigenvalue weighted by Crippen LogP contribution is 2.38. The summed E-state index contributed by atoms with van der Waals surface area (Å²) in [6, 6.07) is 4.36. The van der Waals surface area contributed by atoms with E-state index in [9.17, 15) is 14.4 Å². The SMILES string of the molecule is CCC.CCCC(CC1CC(=O)c2c(C)ccc(CCC(C)CC)c2C1)C(CC)C(=O)CC(C)=O. The normalized spacial score (nSPS) is 17.6. The summed E-state index contributed by atoms with van der Waals surface area (Å²) in [5.41, 5.74) is 4.68. The van der Waals surface area contributed by atoms with Gasteiger partial charge in [0.2, 0.25) is 0 Å². The number of benzene rings is 1. The lowest BCUT2D eigenvalue weighted by molar-refractivity contribution is -0.129. The predicted molar refractivity (Wildman–Crippen MR) is 148 cm³/mol. The highest BCUT2D eigenvalue weighted by molar-refractivity contribution is 6.00. The summed E-state index contributed by atoms with van der Waals surface area (Å²) in [4.78, 5) is 37.6. The molecule has 3 heteroatoms. The Balaban J connectivity index is 0.00000194. The fraction of sp³-hybridized carbons (Fsp3) is 0.719.